The van der Waals surface area contributed by atoms with Crippen LogP contribution in [0.3, 0.4) is 0 Å². The second-order valence-corrected chi connectivity index (χ2v) is 6.03. The third-order valence-electron chi connectivity index (χ3n) is 4.40. The third-order valence-corrected chi connectivity index (χ3v) is 4.40. The first-order valence-electron chi connectivity index (χ1n) is 8.02. The van der Waals surface area contributed by atoms with Crippen LogP contribution in [0.1, 0.15) is 26.7 Å². The molecule has 0 bridgehead atoms. The smallest absolute Gasteiger partial charge is 0.329 e. The fourth-order valence-corrected chi connectivity index (χ4v) is 2.92. The van der Waals surface area contributed by atoms with E-state index in [-0.39, 0.29) is 0 Å². The van der Waals surface area contributed by atoms with Gasteiger partial charge in [0.25, 0.3) is 5.91 Å². The van der Waals surface area contributed by atoms with Crippen LogP contribution in [0.25, 0.3) is 0 Å². The van der Waals surface area contributed by atoms with E-state index in [0.29, 0.717) is 12.8 Å². The van der Waals surface area contributed by atoms with Crippen LogP contribution in [0.4, 0.5) is 4.79 Å². The quantitative estimate of drug-likeness (QED) is 0.408. The molecule has 2 rings (SSSR count). The number of amides is 5. The van der Waals surface area contributed by atoms with Crippen molar-refractivity contribution in [2.45, 2.75) is 38.8 Å². The molecule has 5 amide bonds. The molecule has 4 atom stereocenters. The van der Waals surface area contributed by atoms with Gasteiger partial charge in [0.05, 0.1) is 11.8 Å². The van der Waals surface area contributed by atoms with E-state index in [1.165, 1.54) is 20.9 Å². The molecular weight excluding hydrogens is 330 g/mol. The molecule has 9 heteroatoms. The second kappa shape index (κ2) is 7.45. The Morgan fingerprint density at radius 3 is 2.12 bits per heavy atom. The zero-order chi connectivity index (χ0) is 18.7. The number of urea groups is 1. The highest BCUT2D eigenvalue weighted by molar-refractivity contribution is 6.08. The lowest BCUT2D eigenvalue weighted by molar-refractivity contribution is -0.163. The maximum Gasteiger partial charge on any atom is 0.329 e. The fourth-order valence-electron chi connectivity index (χ4n) is 2.92. The van der Waals surface area contributed by atoms with Crippen LogP contribution >= 0.6 is 0 Å². The summed E-state index contributed by atoms with van der Waals surface area (Å²) in [5.41, 5.74) is 0. The lowest BCUT2D eigenvalue weighted by atomic mass is 9.85. The van der Waals surface area contributed by atoms with E-state index in [2.05, 4.69) is 5.32 Å². The number of esters is 1. The molecule has 136 valence electrons. The summed E-state index contributed by atoms with van der Waals surface area (Å²) in [5, 5.41) is 4.18. The monoisotopic (exact) mass is 351 g/mol. The summed E-state index contributed by atoms with van der Waals surface area (Å²) in [7, 11) is 1.33. The number of ether oxygens (including phenoxy) is 1. The number of hydrogen-bond acceptors (Lipinski definition) is 6. The van der Waals surface area contributed by atoms with Crippen LogP contribution in [0.2, 0.25) is 0 Å². The summed E-state index contributed by atoms with van der Waals surface area (Å²) in [6.45, 7) is 2.67. The standard InChI is InChI=1S/C16H21N3O6/c1-8(15(23)25-9(2)12(20)18-16(24)17-3)19-13(21)10-6-4-5-7-11(10)14(19)22/h4-5,8-11H,6-7H2,1-3H3,(H2,17,18,20,24)/t8-,9-,10-,11-/m0/s1. The Labute approximate surface area is 144 Å². The van der Waals surface area contributed by atoms with E-state index in [1.807, 2.05) is 17.5 Å². The number of nitrogens with one attached hydrogen (secondary N) is 2. The van der Waals surface area contributed by atoms with Gasteiger partial charge in [0, 0.05) is 7.05 Å². The first kappa shape index (κ1) is 18.6. The molecule has 1 fully saturated rings. The summed E-state index contributed by atoms with van der Waals surface area (Å²) in [4.78, 5) is 60.8. The summed E-state index contributed by atoms with van der Waals surface area (Å²) in [6, 6.07) is -1.87. The maximum atomic E-state index is 12.4. The van der Waals surface area contributed by atoms with Gasteiger partial charge in [-0.3, -0.25) is 24.6 Å². The SMILES string of the molecule is CNC(=O)NC(=O)[C@H](C)OC(=O)[C@H](C)N1C(=O)[C@H]2CC=CC[C@@H]2C1=O. The van der Waals surface area contributed by atoms with Crippen molar-refractivity contribution < 1.29 is 28.7 Å². The number of likely N-dealkylation sites (tertiary alicyclic amines) is 1. The lowest BCUT2D eigenvalue weighted by Crippen LogP contribution is -2.48. The Hall–Kier alpha value is -2.71. The van der Waals surface area contributed by atoms with Crippen molar-refractivity contribution in [3.63, 3.8) is 0 Å². The number of imide groups is 2. The molecule has 0 saturated carbocycles. The summed E-state index contributed by atoms with van der Waals surface area (Å²) >= 11 is 0. The Bertz CT molecular complexity index is 618. The number of carbonyl (C=O) groups excluding carboxylic acids is 5. The van der Waals surface area contributed by atoms with Crippen molar-refractivity contribution in [1.82, 2.24) is 15.5 Å². The molecule has 0 unspecified atom stereocenters. The largest absolute Gasteiger partial charge is 0.451 e. The molecule has 2 N–H and O–H groups in total. The number of allylic oxidation sites excluding steroid dienone is 2. The molecule has 0 aromatic rings. The average molecular weight is 351 g/mol. The van der Waals surface area contributed by atoms with Gasteiger partial charge in [0.15, 0.2) is 6.10 Å². The zero-order valence-electron chi connectivity index (χ0n) is 14.3. The minimum absolute atomic E-state index is 0.397. The molecule has 25 heavy (non-hydrogen) atoms. The Kier molecular flexibility index (Phi) is 5.55. The van der Waals surface area contributed by atoms with Crippen LogP contribution in [0.5, 0.6) is 0 Å². The summed E-state index contributed by atoms with van der Waals surface area (Å²) < 4.78 is 4.99. The molecule has 0 spiro atoms. The molecule has 1 saturated heterocycles. The number of nitrogens with zero attached hydrogens (tertiary/aromatic N) is 1. The maximum absolute atomic E-state index is 12.4. The van der Waals surface area contributed by atoms with Gasteiger partial charge in [-0.25, -0.2) is 9.59 Å². The van der Waals surface area contributed by atoms with Crippen molar-refractivity contribution in [3.8, 4) is 0 Å². The number of hydrogen-bond donors (Lipinski definition) is 2. The van der Waals surface area contributed by atoms with Gasteiger partial charge in [0.1, 0.15) is 6.04 Å². The predicted molar refractivity (Wildman–Crippen MR) is 84.8 cm³/mol. The minimum atomic E-state index is -1.25. The Balaban J connectivity index is 2.00. The van der Waals surface area contributed by atoms with Crippen LogP contribution in [-0.2, 0) is 23.9 Å². The van der Waals surface area contributed by atoms with Crippen molar-refractivity contribution >= 4 is 29.7 Å². The zero-order valence-corrected chi connectivity index (χ0v) is 14.3. The molecule has 9 nitrogen and oxygen atoms in total. The molecule has 1 heterocycles. The highest BCUT2D eigenvalue weighted by Crippen LogP contribution is 2.36. The van der Waals surface area contributed by atoms with Crippen molar-refractivity contribution in [3.05, 3.63) is 12.2 Å². The molecule has 2 aliphatic rings. The minimum Gasteiger partial charge on any atom is -0.451 e. The van der Waals surface area contributed by atoms with Crippen LogP contribution in [-0.4, -0.2) is 53.8 Å². The molecule has 0 radical (unpaired) electrons. The fraction of sp³-hybridized carbons (Fsp3) is 0.562. The average Bonchev–Trinajstić information content (AvgIpc) is 2.85. The van der Waals surface area contributed by atoms with Gasteiger partial charge in [0.2, 0.25) is 11.8 Å². The number of carbonyl (C=O) groups is 5. The first-order valence-corrected chi connectivity index (χ1v) is 8.02. The van der Waals surface area contributed by atoms with Crippen molar-refractivity contribution in [2.24, 2.45) is 11.8 Å². The van der Waals surface area contributed by atoms with E-state index in [9.17, 15) is 24.0 Å². The molecular formula is C16H21N3O6. The molecule has 0 aromatic carbocycles. The van der Waals surface area contributed by atoms with Gasteiger partial charge >= 0.3 is 12.0 Å². The van der Waals surface area contributed by atoms with E-state index in [1.54, 1.807) is 0 Å². The van der Waals surface area contributed by atoms with E-state index < -0.39 is 53.7 Å². The van der Waals surface area contributed by atoms with Crippen LogP contribution in [0, 0.1) is 11.8 Å². The Morgan fingerprint density at radius 1 is 1.12 bits per heavy atom. The first-order chi connectivity index (χ1) is 11.8. The van der Waals surface area contributed by atoms with Gasteiger partial charge in [-0.1, -0.05) is 12.2 Å². The van der Waals surface area contributed by atoms with Gasteiger partial charge in [-0.2, -0.15) is 0 Å². The van der Waals surface area contributed by atoms with E-state index in [4.69, 9.17) is 4.74 Å². The van der Waals surface area contributed by atoms with E-state index in [0.717, 1.165) is 4.90 Å². The second-order valence-electron chi connectivity index (χ2n) is 6.03. The summed E-state index contributed by atoms with van der Waals surface area (Å²) in [6.07, 6.45) is 3.40. The number of rotatable bonds is 4. The van der Waals surface area contributed by atoms with Gasteiger partial charge in [-0.15, -0.1) is 0 Å². The van der Waals surface area contributed by atoms with Gasteiger partial charge < -0.3 is 10.1 Å². The highest BCUT2D eigenvalue weighted by Gasteiger charge is 2.50. The normalized spacial score (nSPS) is 24.4. The van der Waals surface area contributed by atoms with Crippen LogP contribution < -0.4 is 10.6 Å². The van der Waals surface area contributed by atoms with Crippen molar-refractivity contribution in [1.29, 1.82) is 0 Å². The van der Waals surface area contributed by atoms with Gasteiger partial charge in [-0.05, 0) is 26.7 Å². The molecule has 1 aliphatic carbocycles. The topological polar surface area (TPSA) is 122 Å². The number of fused-ring (bicyclic) bond motifs is 1. The predicted octanol–water partition coefficient (Wildman–Crippen LogP) is -0.287. The molecule has 1 aliphatic heterocycles. The van der Waals surface area contributed by atoms with E-state index >= 15 is 0 Å². The molecule has 0 aromatic heterocycles. The highest BCUT2D eigenvalue weighted by atomic mass is 16.5. The Morgan fingerprint density at radius 2 is 1.64 bits per heavy atom. The lowest BCUT2D eigenvalue weighted by Gasteiger charge is -2.23. The van der Waals surface area contributed by atoms with Crippen molar-refractivity contribution in [2.75, 3.05) is 7.05 Å². The summed E-state index contributed by atoms with van der Waals surface area (Å²) in [5.74, 6) is -3.37. The van der Waals surface area contributed by atoms with Crippen LogP contribution in [0.15, 0.2) is 12.2 Å². The third kappa shape index (κ3) is 3.70.